The maximum atomic E-state index is 8.42. The summed E-state index contributed by atoms with van der Waals surface area (Å²) in [5.41, 5.74) is 0. The minimum atomic E-state index is -0.1000. The van der Waals surface area contributed by atoms with E-state index in [1.165, 1.54) is 0 Å². The van der Waals surface area contributed by atoms with Crippen molar-refractivity contribution in [1.82, 2.24) is 0 Å². The fourth-order valence-corrected chi connectivity index (χ4v) is 0. The van der Waals surface area contributed by atoms with Crippen molar-refractivity contribution in [2.75, 3.05) is 0 Å². The molecule has 0 aliphatic carbocycles. The molecule has 0 rings (SSSR count). The van der Waals surface area contributed by atoms with Gasteiger partial charge in [0.25, 0.3) is 0 Å². The van der Waals surface area contributed by atoms with Gasteiger partial charge in [-0.1, -0.05) is 0 Å². The molecule has 1 nitrogen and oxygen atoms in total. The molecular formula is H8In2OSn. The molecule has 0 aromatic rings. The Bertz CT molecular complexity index is 6.00. The molecule has 0 aromatic heterocycles. The van der Waals surface area contributed by atoms with E-state index >= 15 is 0 Å². The zero-order valence-corrected chi connectivity index (χ0v) is 5.15. The molecule has 0 bridgehead atoms. The third-order valence-corrected chi connectivity index (χ3v) is 0. The molecule has 4 heavy (non-hydrogen) atoms. The van der Waals surface area contributed by atoms with Crippen molar-refractivity contribution in [1.29, 1.82) is 0 Å². The average Bonchev–Trinajstić information content (AvgIpc) is 1.00. The van der Waals surface area contributed by atoms with Crippen LogP contribution in [0, 0.1) is 0 Å². The van der Waals surface area contributed by atoms with Gasteiger partial charge in [-0.2, -0.15) is 0 Å². The van der Waals surface area contributed by atoms with Crippen LogP contribution < -0.4 is 0 Å². The molecule has 0 N–H and O–H groups in total. The van der Waals surface area contributed by atoms with Gasteiger partial charge in [0.1, 0.15) is 0 Å². The first kappa shape index (κ1) is 16.2. The van der Waals surface area contributed by atoms with Gasteiger partial charge in [-0.15, -0.1) is 0 Å². The molecule has 0 saturated carbocycles. The van der Waals surface area contributed by atoms with E-state index in [9.17, 15) is 0 Å². The van der Waals surface area contributed by atoms with Crippen LogP contribution in [0.1, 0.15) is 0 Å². The fraction of sp³-hybridized carbons (Fsp3) is 0. The molecule has 0 spiro atoms. The quantitative estimate of drug-likeness (QED) is 0.405. The Morgan fingerprint density at radius 2 is 1.25 bits per heavy atom. The van der Waals surface area contributed by atoms with Crippen LogP contribution in [-0.4, -0.2) is 74.1 Å². The predicted octanol–water partition coefficient (Wildman–Crippen LogP) is -3.40. The van der Waals surface area contributed by atoms with Gasteiger partial charge < -0.3 is 0 Å². The van der Waals surface area contributed by atoms with Crippen molar-refractivity contribution in [2.24, 2.45) is 0 Å². The van der Waals surface area contributed by atoms with Crippen molar-refractivity contribution < 1.29 is 2.85 Å². The summed E-state index contributed by atoms with van der Waals surface area (Å²) in [4.78, 5) is 0. The van der Waals surface area contributed by atoms with Crippen LogP contribution in [0.4, 0.5) is 0 Å². The van der Waals surface area contributed by atoms with Gasteiger partial charge in [-0.05, 0) is 0 Å². The molecule has 0 heterocycles. The van der Waals surface area contributed by atoms with E-state index in [0.717, 1.165) is 0 Å². The SMILES string of the molecule is [InH3].[O]=[InH].[SnH4]. The summed E-state index contributed by atoms with van der Waals surface area (Å²) < 4.78 is 8.42. The Morgan fingerprint density at radius 3 is 1.25 bits per heavy atom. The molecule has 4 heteroatoms. The first-order valence-corrected chi connectivity index (χ1v) is 1.94. The van der Waals surface area contributed by atoms with E-state index in [2.05, 4.69) is 0 Å². The summed E-state index contributed by atoms with van der Waals surface area (Å²) in [5, 5.41) is 0. The van der Waals surface area contributed by atoms with Crippen molar-refractivity contribution in [3.63, 3.8) is 0 Å². The van der Waals surface area contributed by atoms with E-state index in [1.54, 1.807) is 0 Å². The van der Waals surface area contributed by atoms with Crippen molar-refractivity contribution in [2.45, 2.75) is 0 Å². The summed E-state index contributed by atoms with van der Waals surface area (Å²) in [6.45, 7) is 0. The zero-order valence-electron chi connectivity index (χ0n) is 1.12. The molecule has 0 radical (unpaired) electrons. The van der Waals surface area contributed by atoms with E-state index in [1.807, 2.05) is 0 Å². The van der Waals surface area contributed by atoms with E-state index in [-0.39, 0.29) is 74.1 Å². The second kappa shape index (κ2) is 18.4. The normalized spacial score (nSPS) is 0.750. The Balaban J connectivity index is -0.00000000500. The zero-order chi connectivity index (χ0) is 2.00. The predicted molar refractivity (Wildman–Crippen MR) is 29.1 cm³/mol. The van der Waals surface area contributed by atoms with Gasteiger partial charge >= 0.3 is 77.0 Å². The van der Waals surface area contributed by atoms with Crippen LogP contribution in [0.2, 0.25) is 0 Å². The molecular weight excluding hydrogens is 364 g/mol. The summed E-state index contributed by atoms with van der Waals surface area (Å²) in [7, 11) is 0. The molecule has 0 fully saturated rings. The van der Waals surface area contributed by atoms with Gasteiger partial charge in [-0.25, -0.2) is 0 Å². The Morgan fingerprint density at radius 1 is 1.25 bits per heavy atom. The molecule has 0 saturated heterocycles. The molecule has 0 aromatic carbocycles. The van der Waals surface area contributed by atoms with Crippen molar-refractivity contribution in [3.8, 4) is 0 Å². The Kier molecular flexibility index (Phi) is 74.4. The van der Waals surface area contributed by atoms with E-state index in [0.29, 0.717) is 0 Å². The monoisotopic (exact) mass is 374 g/mol. The van der Waals surface area contributed by atoms with Crippen molar-refractivity contribution in [3.05, 3.63) is 0 Å². The Hall–Kier alpha value is 2.34. The van der Waals surface area contributed by atoms with Crippen LogP contribution in [0.25, 0.3) is 0 Å². The molecule has 0 amide bonds. The molecule has 0 aliphatic heterocycles. The van der Waals surface area contributed by atoms with Crippen LogP contribution in [0.5, 0.6) is 0 Å². The summed E-state index contributed by atoms with van der Waals surface area (Å²) in [6, 6.07) is 0. The van der Waals surface area contributed by atoms with E-state index < -0.39 is 0 Å². The number of hydrogen-bond acceptors (Lipinski definition) is 1. The van der Waals surface area contributed by atoms with Gasteiger partial charge in [0.15, 0.2) is 0 Å². The average molecular weight is 372 g/mol. The molecule has 0 aliphatic rings. The van der Waals surface area contributed by atoms with Crippen LogP contribution in [0.3, 0.4) is 0 Å². The van der Waals surface area contributed by atoms with Gasteiger partial charge in [0, 0.05) is 0 Å². The third kappa shape index (κ3) is 8.84. The van der Waals surface area contributed by atoms with Crippen LogP contribution in [0.15, 0.2) is 0 Å². The van der Waals surface area contributed by atoms with Gasteiger partial charge in [-0.3, -0.25) is 0 Å². The number of hydrogen-bond donors (Lipinski definition) is 0. The first-order chi connectivity index (χ1) is 1.00. The third-order valence-electron chi connectivity index (χ3n) is 0. The standard InChI is InChI=1S/2In.O.Sn.8H. The molecule has 24 valence electrons. The van der Waals surface area contributed by atoms with Crippen LogP contribution >= 0.6 is 0 Å². The van der Waals surface area contributed by atoms with Crippen molar-refractivity contribution >= 4 is 74.1 Å². The van der Waals surface area contributed by atoms with Gasteiger partial charge in [0.05, 0.1) is 0 Å². The second-order valence-corrected chi connectivity index (χ2v) is 0. The molecule has 0 unspecified atom stereocenters. The minimum absolute atomic E-state index is 0. The van der Waals surface area contributed by atoms with E-state index in [4.69, 9.17) is 2.85 Å². The summed E-state index contributed by atoms with van der Waals surface area (Å²) in [5.74, 6) is 0. The van der Waals surface area contributed by atoms with Gasteiger partial charge in [0.2, 0.25) is 0 Å². The summed E-state index contributed by atoms with van der Waals surface area (Å²) in [6.07, 6.45) is 0. The number of rotatable bonds is 0. The maximum absolute atomic E-state index is 8.42. The summed E-state index contributed by atoms with van der Waals surface area (Å²) >= 11 is -0.1000. The molecule has 0 atom stereocenters. The van der Waals surface area contributed by atoms with Crippen LogP contribution in [-0.2, 0) is 2.85 Å². The topological polar surface area (TPSA) is 17.1 Å². The second-order valence-electron chi connectivity index (χ2n) is 0. The Labute approximate surface area is 75.7 Å². The first-order valence-electron chi connectivity index (χ1n) is 0.289. The fourth-order valence-electron chi connectivity index (χ4n) is 0.